The molecule has 0 amide bonds. The van der Waals surface area contributed by atoms with E-state index in [9.17, 15) is 15.0 Å². The molecule has 0 fully saturated rings. The number of aromatic hydroxyl groups is 1. The summed E-state index contributed by atoms with van der Waals surface area (Å²) in [5, 5.41) is 37.9. The number of aliphatic hydroxyl groups is 1. The molecule has 0 aromatic heterocycles. The number of carboxylic acid groups (broad SMARTS) is 2. The van der Waals surface area contributed by atoms with Gasteiger partial charge in [-0.1, -0.05) is 18.2 Å². The lowest BCUT2D eigenvalue weighted by molar-refractivity contribution is -0.693. The molecule has 2 unspecified atom stereocenters. The second kappa shape index (κ2) is 11.9. The summed E-state index contributed by atoms with van der Waals surface area (Å²) in [4.78, 5) is 30.1. The molecule has 1 aliphatic rings. The van der Waals surface area contributed by atoms with E-state index in [2.05, 4.69) is 6.08 Å². The normalized spacial score (nSPS) is 15.4. The van der Waals surface area contributed by atoms with E-state index in [0.29, 0.717) is 13.0 Å². The Morgan fingerprint density at radius 1 is 1.18 bits per heavy atom. The lowest BCUT2D eigenvalue weighted by Gasteiger charge is -2.18. The number of ketones is 1. The van der Waals surface area contributed by atoms with Crippen molar-refractivity contribution < 1.29 is 40.1 Å². The molecule has 1 aliphatic carbocycles. The number of carboxylic acids is 2. The quantitative estimate of drug-likeness (QED) is 0.462. The molecule has 5 N–H and O–H groups in total. The third-order valence-electron chi connectivity index (χ3n) is 4.47. The van der Waals surface area contributed by atoms with Crippen molar-refractivity contribution in [2.45, 2.75) is 51.2 Å². The van der Waals surface area contributed by atoms with E-state index in [4.69, 9.17) is 19.8 Å². The monoisotopic (exact) mass is 393 g/mol. The number of carbonyl (C=O) groups is 3. The van der Waals surface area contributed by atoms with Crippen molar-refractivity contribution in [2.24, 2.45) is 0 Å². The van der Waals surface area contributed by atoms with Crippen LogP contribution in [-0.2, 0) is 14.4 Å². The molecule has 0 saturated heterocycles. The van der Waals surface area contributed by atoms with Crippen LogP contribution in [0.15, 0.2) is 35.9 Å². The van der Waals surface area contributed by atoms with Gasteiger partial charge in [0.2, 0.25) is 0 Å². The Hall–Kier alpha value is -2.71. The molecule has 8 heteroatoms. The minimum atomic E-state index is -2.07. The minimum absolute atomic E-state index is 0.0299. The van der Waals surface area contributed by atoms with Crippen molar-refractivity contribution in [2.75, 3.05) is 6.54 Å². The van der Waals surface area contributed by atoms with Gasteiger partial charge in [-0.15, -0.1) is 0 Å². The standard InChI is InChI=1S/C18H25NO3.C2H2O4/c1-13(18(22)15-7-9-16(20)10-8-15)19-12-11-17(21)14-5-3-2-4-6-14;3-1(4)2(5)6/h5,7-10,13,18-20,22H,2-4,6,11-12H2,1H3;(H,3,4)(H,5,6). The van der Waals surface area contributed by atoms with E-state index in [1.165, 1.54) is 6.42 Å². The lowest BCUT2D eigenvalue weighted by Crippen LogP contribution is -2.90. The fraction of sp³-hybridized carbons (Fsp3) is 0.450. The molecule has 0 bridgehead atoms. The van der Waals surface area contributed by atoms with Crippen molar-refractivity contribution in [1.29, 1.82) is 0 Å². The molecule has 0 saturated carbocycles. The minimum Gasteiger partial charge on any atom is -0.539 e. The molecule has 2 atom stereocenters. The van der Waals surface area contributed by atoms with Crippen LogP contribution in [0, 0.1) is 0 Å². The van der Waals surface area contributed by atoms with Gasteiger partial charge in [0, 0.05) is 0 Å². The number of phenolic OH excluding ortho intramolecular Hbond substituents is 1. The smallest absolute Gasteiger partial charge is 0.351 e. The molecule has 0 heterocycles. The summed E-state index contributed by atoms with van der Waals surface area (Å²) < 4.78 is 0. The number of allylic oxidation sites excluding steroid dienone is 2. The summed E-state index contributed by atoms with van der Waals surface area (Å²) in [5.74, 6) is -3.56. The van der Waals surface area contributed by atoms with Crippen LogP contribution in [0.3, 0.4) is 0 Å². The maximum Gasteiger partial charge on any atom is 0.351 e. The number of phenols is 1. The fourth-order valence-corrected chi connectivity index (χ4v) is 2.83. The van der Waals surface area contributed by atoms with E-state index in [1.54, 1.807) is 24.3 Å². The van der Waals surface area contributed by atoms with Crippen LogP contribution in [0.25, 0.3) is 0 Å². The number of nitrogens with two attached hydrogens (primary N) is 1. The van der Waals surface area contributed by atoms with Gasteiger partial charge in [-0.05, 0) is 55.9 Å². The maximum atomic E-state index is 12.1. The van der Waals surface area contributed by atoms with Gasteiger partial charge in [0.25, 0.3) is 0 Å². The Labute approximate surface area is 163 Å². The number of benzene rings is 1. The van der Waals surface area contributed by atoms with Gasteiger partial charge < -0.3 is 30.5 Å². The van der Waals surface area contributed by atoms with E-state index in [0.717, 1.165) is 30.4 Å². The van der Waals surface area contributed by atoms with E-state index in [1.807, 2.05) is 12.2 Å². The van der Waals surface area contributed by atoms with Crippen molar-refractivity contribution in [3.05, 3.63) is 41.5 Å². The van der Waals surface area contributed by atoms with Gasteiger partial charge in [0.1, 0.15) is 17.9 Å². The van der Waals surface area contributed by atoms with E-state index in [-0.39, 0.29) is 17.6 Å². The van der Waals surface area contributed by atoms with Crippen molar-refractivity contribution in [3.8, 4) is 5.75 Å². The van der Waals surface area contributed by atoms with Gasteiger partial charge in [-0.25, -0.2) is 4.79 Å². The molecule has 0 radical (unpaired) electrons. The van der Waals surface area contributed by atoms with E-state index < -0.39 is 18.0 Å². The Bertz CT molecular complexity index is 685. The van der Waals surface area contributed by atoms with Crippen LogP contribution in [0.4, 0.5) is 0 Å². The van der Waals surface area contributed by atoms with Gasteiger partial charge in [-0.2, -0.15) is 0 Å². The van der Waals surface area contributed by atoms with Crippen LogP contribution in [0.1, 0.15) is 50.7 Å². The van der Waals surface area contributed by atoms with Crippen LogP contribution in [0.2, 0.25) is 0 Å². The average molecular weight is 393 g/mol. The van der Waals surface area contributed by atoms with Crippen molar-refractivity contribution in [3.63, 3.8) is 0 Å². The predicted molar refractivity (Wildman–Crippen MR) is 98.1 cm³/mol. The predicted octanol–water partition coefficient (Wildman–Crippen LogP) is -0.342. The number of hydrogen-bond donors (Lipinski definition) is 4. The number of hydrogen-bond acceptors (Lipinski definition) is 6. The summed E-state index contributed by atoms with van der Waals surface area (Å²) in [6.45, 7) is 2.63. The topological polar surface area (TPSA) is 152 Å². The number of aliphatic hydroxyl groups excluding tert-OH is 1. The highest BCUT2D eigenvalue weighted by Gasteiger charge is 2.20. The largest absolute Gasteiger partial charge is 0.539 e. The first-order valence-corrected chi connectivity index (χ1v) is 9.19. The summed E-state index contributed by atoms with van der Waals surface area (Å²) in [5.41, 5.74) is 1.77. The second-order valence-corrected chi connectivity index (χ2v) is 6.66. The van der Waals surface area contributed by atoms with Gasteiger partial charge in [-0.3, -0.25) is 4.79 Å². The first kappa shape index (κ1) is 23.3. The third kappa shape index (κ3) is 8.32. The molecule has 1 aromatic carbocycles. The van der Waals surface area contributed by atoms with Crippen LogP contribution < -0.4 is 10.4 Å². The summed E-state index contributed by atoms with van der Waals surface area (Å²) >= 11 is 0. The Kier molecular flexibility index (Phi) is 9.91. The second-order valence-electron chi connectivity index (χ2n) is 6.66. The number of aliphatic carboxylic acids is 2. The molecule has 0 aliphatic heterocycles. The number of carbonyl (C=O) groups excluding carboxylic acids is 2. The zero-order chi connectivity index (χ0) is 21.1. The first-order chi connectivity index (χ1) is 13.2. The van der Waals surface area contributed by atoms with Gasteiger partial charge in [0.15, 0.2) is 11.8 Å². The van der Waals surface area contributed by atoms with Crippen molar-refractivity contribution >= 4 is 17.7 Å². The highest BCUT2D eigenvalue weighted by molar-refractivity contribution is 6.26. The summed E-state index contributed by atoms with van der Waals surface area (Å²) in [7, 11) is 0. The van der Waals surface area contributed by atoms with Crippen LogP contribution in [-0.4, -0.2) is 45.6 Å². The summed E-state index contributed by atoms with van der Waals surface area (Å²) in [6.07, 6.45) is 6.27. The SMILES string of the molecule is CC([NH2+]CCC(=O)C1=CCCCC1)C(O)c1ccc(O)cc1.O=C([O-])C(=O)O. The number of quaternary nitrogens is 1. The van der Waals surface area contributed by atoms with Crippen LogP contribution in [0.5, 0.6) is 5.75 Å². The first-order valence-electron chi connectivity index (χ1n) is 9.19. The zero-order valence-electron chi connectivity index (χ0n) is 15.8. The molecule has 28 heavy (non-hydrogen) atoms. The Morgan fingerprint density at radius 2 is 1.79 bits per heavy atom. The fourth-order valence-electron chi connectivity index (χ4n) is 2.83. The maximum absolute atomic E-state index is 12.1. The van der Waals surface area contributed by atoms with Gasteiger partial charge in [0.05, 0.1) is 13.0 Å². The zero-order valence-corrected chi connectivity index (χ0v) is 15.8. The Morgan fingerprint density at radius 3 is 2.29 bits per heavy atom. The summed E-state index contributed by atoms with van der Waals surface area (Å²) in [6, 6.07) is 6.57. The average Bonchev–Trinajstić information content (AvgIpc) is 2.69. The highest BCUT2D eigenvalue weighted by Crippen LogP contribution is 2.19. The molecule has 154 valence electrons. The molecule has 1 aromatic rings. The van der Waals surface area contributed by atoms with E-state index >= 15 is 0 Å². The van der Waals surface area contributed by atoms with Crippen LogP contribution >= 0.6 is 0 Å². The highest BCUT2D eigenvalue weighted by atomic mass is 16.4. The number of Topliss-reactive ketones (excluding diaryl/α,β-unsaturated/α-hetero) is 1. The molecular formula is C20H27NO7. The lowest BCUT2D eigenvalue weighted by atomic mass is 9.95. The van der Waals surface area contributed by atoms with Crippen molar-refractivity contribution in [1.82, 2.24) is 0 Å². The molecule has 0 spiro atoms. The Balaban J connectivity index is 0.000000568. The molecular weight excluding hydrogens is 366 g/mol. The molecule has 8 nitrogen and oxygen atoms in total. The molecule has 2 rings (SSSR count). The third-order valence-corrected chi connectivity index (χ3v) is 4.47. The number of rotatable bonds is 7. The van der Waals surface area contributed by atoms with Gasteiger partial charge >= 0.3 is 5.97 Å².